The van der Waals surface area contributed by atoms with Gasteiger partial charge >= 0.3 is 0 Å². The summed E-state index contributed by atoms with van der Waals surface area (Å²) in [6.07, 6.45) is 1.87. The van der Waals surface area contributed by atoms with Crippen LogP contribution < -0.4 is 11.1 Å². The zero-order valence-corrected chi connectivity index (χ0v) is 16.7. The van der Waals surface area contributed by atoms with E-state index >= 15 is 0 Å². The van der Waals surface area contributed by atoms with Gasteiger partial charge in [-0.25, -0.2) is 4.98 Å². The number of nitrogens with one attached hydrogen (secondary N) is 1. The van der Waals surface area contributed by atoms with Crippen LogP contribution in [-0.2, 0) is 6.42 Å². The van der Waals surface area contributed by atoms with Crippen molar-refractivity contribution in [3.8, 4) is 0 Å². The van der Waals surface area contributed by atoms with E-state index in [9.17, 15) is 0 Å². The Morgan fingerprint density at radius 2 is 2.04 bits per heavy atom. The van der Waals surface area contributed by atoms with Gasteiger partial charge in [0.15, 0.2) is 5.96 Å². The summed E-state index contributed by atoms with van der Waals surface area (Å²) >= 11 is 1.75. The number of halogens is 1. The van der Waals surface area contributed by atoms with Gasteiger partial charge in [0, 0.05) is 18.7 Å². The molecule has 3 aromatic rings. The summed E-state index contributed by atoms with van der Waals surface area (Å²) < 4.78 is 1.24. The number of aromatic nitrogens is 1. The molecule has 2 aromatic carbocycles. The van der Waals surface area contributed by atoms with E-state index in [1.807, 2.05) is 30.3 Å². The van der Waals surface area contributed by atoms with Crippen molar-refractivity contribution in [2.24, 2.45) is 10.7 Å². The third-order valence-electron chi connectivity index (χ3n) is 3.46. The summed E-state index contributed by atoms with van der Waals surface area (Å²) in [6, 6.07) is 16.3. The first-order valence-corrected chi connectivity index (χ1v) is 8.50. The maximum Gasteiger partial charge on any atom is 0.193 e. The first kappa shape index (κ1) is 18.7. The van der Waals surface area contributed by atoms with E-state index in [0.29, 0.717) is 12.5 Å². The normalized spacial score (nSPS) is 11.3. The van der Waals surface area contributed by atoms with Crippen LogP contribution in [0.5, 0.6) is 0 Å². The van der Waals surface area contributed by atoms with Crippen LogP contribution in [0, 0.1) is 6.92 Å². The van der Waals surface area contributed by atoms with Crippen molar-refractivity contribution in [1.82, 2.24) is 4.98 Å². The lowest BCUT2D eigenvalue weighted by Gasteiger charge is -2.06. The molecule has 0 radical (unpaired) electrons. The Morgan fingerprint density at radius 3 is 2.83 bits per heavy atom. The number of rotatable bonds is 5. The standard InChI is InChI=1S/C18H20N4S.HI/c1-13-6-4-7-14(12-13)21-18(19)20-11-5-10-17-22-15-8-2-3-9-16(15)23-17;/h2-4,6-9,12H,5,10-11H2,1H3,(H3,19,20,21);1H. The minimum absolute atomic E-state index is 0. The number of hydrogen-bond acceptors (Lipinski definition) is 3. The highest BCUT2D eigenvalue weighted by Gasteiger charge is 2.02. The van der Waals surface area contributed by atoms with Crippen LogP contribution in [0.2, 0.25) is 0 Å². The lowest BCUT2D eigenvalue weighted by Crippen LogP contribution is -2.22. The molecule has 0 aliphatic rings. The van der Waals surface area contributed by atoms with Crippen LogP contribution in [-0.4, -0.2) is 17.5 Å². The lowest BCUT2D eigenvalue weighted by molar-refractivity contribution is 0.827. The van der Waals surface area contributed by atoms with Crippen LogP contribution in [0.3, 0.4) is 0 Å². The smallest absolute Gasteiger partial charge is 0.193 e. The predicted molar refractivity (Wildman–Crippen MR) is 115 cm³/mol. The monoisotopic (exact) mass is 452 g/mol. The molecule has 0 fully saturated rings. The average Bonchev–Trinajstić information content (AvgIpc) is 2.94. The van der Waals surface area contributed by atoms with E-state index in [1.165, 1.54) is 10.3 Å². The van der Waals surface area contributed by atoms with E-state index in [-0.39, 0.29) is 24.0 Å². The van der Waals surface area contributed by atoms with Gasteiger partial charge in [0.25, 0.3) is 0 Å². The Bertz CT molecular complexity index is 796. The van der Waals surface area contributed by atoms with Crippen LogP contribution in [0.4, 0.5) is 5.69 Å². The highest BCUT2D eigenvalue weighted by Crippen LogP contribution is 2.22. The minimum Gasteiger partial charge on any atom is -0.370 e. The second kappa shape index (κ2) is 8.98. The molecule has 0 saturated carbocycles. The summed E-state index contributed by atoms with van der Waals surface area (Å²) in [5, 5.41) is 4.28. The molecule has 0 aliphatic carbocycles. The van der Waals surface area contributed by atoms with E-state index in [2.05, 4.69) is 40.4 Å². The van der Waals surface area contributed by atoms with Crippen LogP contribution in [0.25, 0.3) is 10.2 Å². The topological polar surface area (TPSA) is 63.3 Å². The maximum absolute atomic E-state index is 5.92. The number of thiazole rings is 1. The van der Waals surface area contributed by atoms with Crippen LogP contribution in [0.15, 0.2) is 53.5 Å². The average molecular weight is 452 g/mol. The number of benzene rings is 2. The molecule has 3 rings (SSSR count). The third kappa shape index (κ3) is 5.17. The SMILES string of the molecule is Cc1cccc(NC(N)=NCCCc2nc3ccccc3s2)c1.I. The Kier molecular flexibility index (Phi) is 6.99. The molecule has 0 spiro atoms. The van der Waals surface area contributed by atoms with Crippen LogP contribution >= 0.6 is 35.3 Å². The number of aliphatic imine (C=N–C) groups is 1. The van der Waals surface area contributed by atoms with Crippen molar-refractivity contribution >= 4 is 57.2 Å². The quantitative estimate of drug-likeness (QED) is 0.258. The van der Waals surface area contributed by atoms with E-state index in [4.69, 9.17) is 5.73 Å². The fraction of sp³-hybridized carbons (Fsp3) is 0.222. The molecule has 0 aliphatic heterocycles. The zero-order valence-electron chi connectivity index (χ0n) is 13.5. The van der Waals surface area contributed by atoms with E-state index in [1.54, 1.807) is 11.3 Å². The molecule has 6 heteroatoms. The van der Waals surface area contributed by atoms with E-state index < -0.39 is 0 Å². The summed E-state index contributed by atoms with van der Waals surface area (Å²) in [7, 11) is 0. The highest BCUT2D eigenvalue weighted by atomic mass is 127. The van der Waals surface area contributed by atoms with E-state index in [0.717, 1.165) is 29.1 Å². The number of nitrogens with two attached hydrogens (primary N) is 1. The molecule has 1 aromatic heterocycles. The molecular formula is C18H21IN4S. The van der Waals surface area contributed by atoms with Gasteiger partial charge in [-0.1, -0.05) is 24.3 Å². The van der Waals surface area contributed by atoms with Gasteiger partial charge in [0.2, 0.25) is 0 Å². The van der Waals surface area contributed by atoms with Crippen molar-refractivity contribution in [2.75, 3.05) is 11.9 Å². The predicted octanol–water partition coefficient (Wildman–Crippen LogP) is 4.58. The first-order valence-electron chi connectivity index (χ1n) is 7.69. The minimum atomic E-state index is 0. The van der Waals surface area contributed by atoms with Crippen molar-refractivity contribution in [2.45, 2.75) is 19.8 Å². The number of para-hydroxylation sites is 1. The molecule has 24 heavy (non-hydrogen) atoms. The maximum atomic E-state index is 5.92. The number of fused-ring (bicyclic) bond motifs is 1. The number of anilines is 1. The Labute approximate surface area is 163 Å². The van der Waals surface area contributed by atoms with Gasteiger partial charge in [-0.05, 0) is 43.2 Å². The van der Waals surface area contributed by atoms with Gasteiger partial charge in [0.05, 0.1) is 15.2 Å². The van der Waals surface area contributed by atoms with Gasteiger partial charge < -0.3 is 11.1 Å². The highest BCUT2D eigenvalue weighted by molar-refractivity contribution is 14.0. The molecule has 126 valence electrons. The first-order chi connectivity index (χ1) is 11.2. The number of nitrogens with zero attached hydrogens (tertiary/aromatic N) is 2. The van der Waals surface area contributed by atoms with Gasteiger partial charge in [-0.15, -0.1) is 35.3 Å². The Balaban J connectivity index is 0.00000208. The second-order valence-electron chi connectivity index (χ2n) is 5.44. The Morgan fingerprint density at radius 1 is 1.21 bits per heavy atom. The van der Waals surface area contributed by atoms with Crippen molar-refractivity contribution in [1.29, 1.82) is 0 Å². The van der Waals surface area contributed by atoms with Gasteiger partial charge in [-0.3, -0.25) is 4.99 Å². The number of hydrogen-bond donors (Lipinski definition) is 2. The molecule has 1 heterocycles. The molecule has 0 atom stereocenters. The molecule has 0 saturated heterocycles. The van der Waals surface area contributed by atoms with Gasteiger partial charge in [-0.2, -0.15) is 0 Å². The van der Waals surface area contributed by atoms with Crippen molar-refractivity contribution in [3.05, 3.63) is 59.1 Å². The zero-order chi connectivity index (χ0) is 16.1. The molecule has 0 amide bonds. The summed E-state index contributed by atoms with van der Waals surface area (Å²) in [4.78, 5) is 9.01. The molecule has 4 nitrogen and oxygen atoms in total. The van der Waals surface area contributed by atoms with Gasteiger partial charge in [0.1, 0.15) is 0 Å². The molecule has 0 bridgehead atoms. The number of guanidine groups is 1. The Hall–Kier alpha value is -1.67. The summed E-state index contributed by atoms with van der Waals surface area (Å²) in [5.74, 6) is 0.458. The van der Waals surface area contributed by atoms with Crippen molar-refractivity contribution < 1.29 is 0 Å². The van der Waals surface area contributed by atoms with Crippen LogP contribution in [0.1, 0.15) is 17.0 Å². The fourth-order valence-electron chi connectivity index (χ4n) is 2.37. The second-order valence-corrected chi connectivity index (χ2v) is 6.56. The largest absolute Gasteiger partial charge is 0.370 e. The number of aryl methyl sites for hydroxylation is 2. The molecule has 3 N–H and O–H groups in total. The van der Waals surface area contributed by atoms with Crippen molar-refractivity contribution in [3.63, 3.8) is 0 Å². The summed E-state index contributed by atoms with van der Waals surface area (Å²) in [6.45, 7) is 2.75. The lowest BCUT2D eigenvalue weighted by atomic mass is 10.2. The molecular weight excluding hydrogens is 431 g/mol. The molecule has 0 unspecified atom stereocenters. The summed E-state index contributed by atoms with van der Waals surface area (Å²) in [5.41, 5.74) is 9.17. The fourth-order valence-corrected chi connectivity index (χ4v) is 3.38. The third-order valence-corrected chi connectivity index (χ3v) is 4.56.